The van der Waals surface area contributed by atoms with Crippen LogP contribution < -0.4 is 5.32 Å². The van der Waals surface area contributed by atoms with Gasteiger partial charge in [0.2, 0.25) is 10.0 Å². The number of ether oxygens (including phenoxy) is 3. The number of sulfonamides is 1. The SMILES string of the molecule is CC(C)(CCC#N)CN(CC(O)C(Cc1ccccc1)NC(=O)OC1COCOC1)S(=O)(=O)c1ccc(O)cc1. The molecule has 12 heteroatoms. The molecule has 1 fully saturated rings. The Morgan fingerprint density at radius 1 is 1.18 bits per heavy atom. The van der Waals surface area contributed by atoms with Gasteiger partial charge in [0, 0.05) is 19.5 Å². The number of hydrogen-bond donors (Lipinski definition) is 3. The maximum atomic E-state index is 13.7. The van der Waals surface area contributed by atoms with Gasteiger partial charge in [0.15, 0.2) is 6.10 Å². The number of carbonyl (C=O) groups excluding carboxylic acids is 1. The fraction of sp³-hybridized carbons (Fsp3) is 0.500. The zero-order valence-corrected chi connectivity index (χ0v) is 23.5. The number of aromatic hydroxyl groups is 1. The van der Waals surface area contributed by atoms with Gasteiger partial charge in [-0.15, -0.1) is 0 Å². The minimum absolute atomic E-state index is 0.00814. The Hall–Kier alpha value is -3.21. The maximum absolute atomic E-state index is 13.7. The third-order valence-corrected chi connectivity index (χ3v) is 8.32. The average Bonchev–Trinajstić information content (AvgIpc) is 2.92. The number of hydrogen-bond acceptors (Lipinski definition) is 9. The molecule has 40 heavy (non-hydrogen) atoms. The molecule has 3 rings (SSSR count). The largest absolute Gasteiger partial charge is 0.508 e. The van der Waals surface area contributed by atoms with Crippen molar-refractivity contribution in [2.75, 3.05) is 33.1 Å². The molecular weight excluding hydrogens is 538 g/mol. The van der Waals surface area contributed by atoms with Crippen molar-refractivity contribution in [1.29, 1.82) is 5.26 Å². The zero-order valence-electron chi connectivity index (χ0n) is 22.7. The highest BCUT2D eigenvalue weighted by molar-refractivity contribution is 7.89. The van der Waals surface area contributed by atoms with Gasteiger partial charge in [-0.05, 0) is 48.1 Å². The summed E-state index contributed by atoms with van der Waals surface area (Å²) in [5.41, 5.74) is 0.223. The van der Waals surface area contributed by atoms with Crippen molar-refractivity contribution in [1.82, 2.24) is 9.62 Å². The van der Waals surface area contributed by atoms with Crippen LogP contribution in [0.2, 0.25) is 0 Å². The molecule has 3 N–H and O–H groups in total. The molecule has 0 radical (unpaired) electrons. The summed E-state index contributed by atoms with van der Waals surface area (Å²) in [5.74, 6) is -0.0840. The van der Waals surface area contributed by atoms with Crippen molar-refractivity contribution >= 4 is 16.1 Å². The predicted octanol–water partition coefficient (Wildman–Crippen LogP) is 2.78. The van der Waals surface area contributed by atoms with Gasteiger partial charge in [-0.25, -0.2) is 13.2 Å². The van der Waals surface area contributed by atoms with Crippen molar-refractivity contribution in [3.05, 3.63) is 60.2 Å². The van der Waals surface area contributed by atoms with Crippen LogP contribution in [0.25, 0.3) is 0 Å². The topological polar surface area (TPSA) is 158 Å². The lowest BCUT2D eigenvalue weighted by atomic mass is 9.88. The monoisotopic (exact) mass is 575 g/mol. The van der Waals surface area contributed by atoms with Crippen LogP contribution in [0.4, 0.5) is 4.79 Å². The number of aliphatic hydroxyl groups is 1. The molecule has 0 spiro atoms. The molecule has 1 aliphatic rings. The minimum atomic E-state index is -4.13. The number of carbonyl (C=O) groups is 1. The fourth-order valence-corrected chi connectivity index (χ4v) is 5.97. The minimum Gasteiger partial charge on any atom is -0.508 e. The first-order chi connectivity index (χ1) is 19.0. The summed E-state index contributed by atoms with van der Waals surface area (Å²) in [7, 11) is -4.13. The molecule has 2 unspecified atom stereocenters. The first-order valence-electron chi connectivity index (χ1n) is 13.0. The van der Waals surface area contributed by atoms with E-state index in [0.29, 0.717) is 6.42 Å². The lowest BCUT2D eigenvalue weighted by molar-refractivity contribution is -0.151. The van der Waals surface area contributed by atoms with Gasteiger partial charge in [0.1, 0.15) is 12.5 Å². The summed E-state index contributed by atoms with van der Waals surface area (Å²) in [5, 5.41) is 32.8. The molecule has 0 bridgehead atoms. The van der Waals surface area contributed by atoms with Crippen LogP contribution in [0.3, 0.4) is 0 Å². The van der Waals surface area contributed by atoms with Gasteiger partial charge in [-0.2, -0.15) is 9.57 Å². The highest BCUT2D eigenvalue weighted by atomic mass is 32.2. The Bertz CT molecular complexity index is 1230. The molecule has 1 saturated heterocycles. The number of nitrogens with zero attached hydrogens (tertiary/aromatic N) is 2. The van der Waals surface area contributed by atoms with E-state index in [-0.39, 0.29) is 56.6 Å². The average molecular weight is 576 g/mol. The van der Waals surface area contributed by atoms with E-state index in [0.717, 1.165) is 9.87 Å². The van der Waals surface area contributed by atoms with Crippen LogP contribution in [-0.4, -0.2) is 80.4 Å². The van der Waals surface area contributed by atoms with Crippen molar-refractivity contribution in [3.63, 3.8) is 0 Å². The smallest absolute Gasteiger partial charge is 0.407 e. The molecule has 2 aromatic rings. The highest BCUT2D eigenvalue weighted by Gasteiger charge is 2.35. The quantitative estimate of drug-likeness (QED) is 0.326. The normalized spacial score (nSPS) is 16.2. The number of aliphatic hydroxyl groups excluding tert-OH is 1. The highest BCUT2D eigenvalue weighted by Crippen LogP contribution is 2.28. The van der Waals surface area contributed by atoms with Crippen molar-refractivity contribution in [2.45, 2.75) is 56.3 Å². The number of alkyl carbamates (subject to hydrolysis) is 1. The van der Waals surface area contributed by atoms with Gasteiger partial charge < -0.3 is 29.7 Å². The Morgan fingerprint density at radius 3 is 2.45 bits per heavy atom. The second-order valence-corrected chi connectivity index (χ2v) is 12.4. The van der Waals surface area contributed by atoms with Gasteiger partial charge in [0.25, 0.3) is 0 Å². The van der Waals surface area contributed by atoms with E-state index in [1.807, 2.05) is 44.2 Å². The van der Waals surface area contributed by atoms with Gasteiger partial charge in [0.05, 0.1) is 36.3 Å². The number of phenols is 1. The summed E-state index contributed by atoms with van der Waals surface area (Å²) < 4.78 is 44.3. The number of rotatable bonds is 13. The van der Waals surface area contributed by atoms with Crippen LogP contribution in [0.15, 0.2) is 59.5 Å². The maximum Gasteiger partial charge on any atom is 0.407 e. The molecule has 1 aliphatic heterocycles. The van der Waals surface area contributed by atoms with E-state index in [9.17, 15) is 23.4 Å². The molecular formula is C28H37N3O8S. The van der Waals surface area contributed by atoms with Crippen LogP contribution in [0, 0.1) is 16.7 Å². The van der Waals surface area contributed by atoms with Gasteiger partial charge in [-0.1, -0.05) is 44.2 Å². The summed E-state index contributed by atoms with van der Waals surface area (Å²) in [6.45, 7) is 3.84. The third-order valence-electron chi connectivity index (χ3n) is 6.50. The van der Waals surface area contributed by atoms with E-state index in [1.54, 1.807) is 0 Å². The molecule has 2 aromatic carbocycles. The lowest BCUT2D eigenvalue weighted by Crippen LogP contribution is -2.52. The molecule has 218 valence electrons. The van der Waals surface area contributed by atoms with Crippen molar-refractivity contribution in [3.8, 4) is 11.8 Å². The molecule has 1 amide bonds. The van der Waals surface area contributed by atoms with Crippen LogP contribution in [0.1, 0.15) is 32.3 Å². The Kier molecular flexibility index (Phi) is 11.3. The van der Waals surface area contributed by atoms with Crippen molar-refractivity contribution in [2.24, 2.45) is 5.41 Å². The van der Waals surface area contributed by atoms with E-state index < -0.39 is 39.8 Å². The fourth-order valence-electron chi connectivity index (χ4n) is 4.32. The number of nitriles is 1. The van der Waals surface area contributed by atoms with Crippen LogP contribution >= 0.6 is 0 Å². The Labute approximate surface area is 235 Å². The zero-order chi connectivity index (χ0) is 29.2. The van der Waals surface area contributed by atoms with Gasteiger partial charge >= 0.3 is 6.09 Å². The lowest BCUT2D eigenvalue weighted by Gasteiger charge is -2.35. The predicted molar refractivity (Wildman–Crippen MR) is 146 cm³/mol. The van der Waals surface area contributed by atoms with E-state index in [1.165, 1.54) is 24.3 Å². The summed E-state index contributed by atoms with van der Waals surface area (Å²) in [4.78, 5) is 12.7. The second-order valence-electron chi connectivity index (χ2n) is 10.5. The number of amides is 1. The first kappa shape index (κ1) is 31.3. The summed E-state index contributed by atoms with van der Waals surface area (Å²) in [6, 6.07) is 15.5. The van der Waals surface area contributed by atoms with Gasteiger partial charge in [-0.3, -0.25) is 0 Å². The molecule has 11 nitrogen and oxygen atoms in total. The number of benzene rings is 2. The Morgan fingerprint density at radius 2 is 1.82 bits per heavy atom. The van der Waals surface area contributed by atoms with Crippen LogP contribution in [0.5, 0.6) is 5.75 Å². The Balaban J connectivity index is 1.86. The van der Waals surface area contributed by atoms with E-state index in [4.69, 9.17) is 19.5 Å². The molecule has 0 aromatic heterocycles. The number of nitrogens with one attached hydrogen (secondary N) is 1. The van der Waals surface area contributed by atoms with E-state index >= 15 is 0 Å². The first-order valence-corrected chi connectivity index (χ1v) is 14.4. The standard InChI is InChI=1S/C28H37N3O8S/c1-28(2,13-6-14-29)19-31(40(35,36)24-11-9-22(32)10-12-24)16-26(33)25(15-21-7-4-3-5-8-21)30-27(34)39-23-17-37-20-38-18-23/h3-5,7-12,23,25-26,32-33H,6,13,15-20H2,1-2H3,(H,30,34). The van der Waals surface area contributed by atoms with Crippen LogP contribution in [-0.2, 0) is 30.7 Å². The molecule has 0 aliphatic carbocycles. The van der Waals surface area contributed by atoms with Crippen molar-refractivity contribution < 1.29 is 37.6 Å². The summed E-state index contributed by atoms with van der Waals surface area (Å²) >= 11 is 0. The molecule has 2 atom stereocenters. The molecule has 0 saturated carbocycles. The summed E-state index contributed by atoms with van der Waals surface area (Å²) in [6.07, 6.45) is -1.85. The number of phenolic OH excluding ortho intramolecular Hbond substituents is 1. The second kappa shape index (κ2) is 14.4. The van der Waals surface area contributed by atoms with E-state index in [2.05, 4.69) is 11.4 Å². The molecule has 1 heterocycles. The third kappa shape index (κ3) is 9.46.